The van der Waals surface area contributed by atoms with Gasteiger partial charge >= 0.3 is 5.69 Å². The highest BCUT2D eigenvalue weighted by atomic mass is 16.5. The number of aliphatic hydroxyl groups is 2. The maximum Gasteiger partial charge on any atom is 0.353 e. The highest BCUT2D eigenvalue weighted by Crippen LogP contribution is 2.30. The topological polar surface area (TPSA) is 97.7 Å². The molecule has 0 bridgehead atoms. The van der Waals surface area contributed by atoms with Gasteiger partial charge in [0.25, 0.3) is 0 Å². The van der Waals surface area contributed by atoms with E-state index in [1.165, 1.54) is 4.57 Å². The van der Waals surface area contributed by atoms with Gasteiger partial charge in [-0.1, -0.05) is 37.3 Å². The Morgan fingerprint density at radius 3 is 2.96 bits per heavy atom. The Labute approximate surface area is 161 Å². The molecule has 1 saturated heterocycles. The molecule has 0 spiro atoms. The van der Waals surface area contributed by atoms with E-state index in [0.29, 0.717) is 11.1 Å². The molecular formula is C21H22N2O5. The molecule has 0 unspecified atom stereocenters. The van der Waals surface area contributed by atoms with Crippen LogP contribution in [-0.4, -0.2) is 38.6 Å². The van der Waals surface area contributed by atoms with Crippen LogP contribution in [0.25, 0.3) is 28.5 Å². The Balaban J connectivity index is 1.69. The van der Waals surface area contributed by atoms with Crippen molar-refractivity contribution < 1.29 is 19.4 Å². The van der Waals surface area contributed by atoms with Crippen molar-refractivity contribution in [2.24, 2.45) is 0 Å². The zero-order chi connectivity index (χ0) is 19.7. The van der Waals surface area contributed by atoms with Crippen LogP contribution in [0.5, 0.6) is 0 Å². The van der Waals surface area contributed by atoms with Crippen molar-refractivity contribution in [2.75, 3.05) is 6.61 Å². The maximum atomic E-state index is 12.4. The van der Waals surface area contributed by atoms with Crippen LogP contribution in [-0.2, 0) is 4.74 Å². The zero-order valence-corrected chi connectivity index (χ0v) is 15.5. The lowest BCUT2D eigenvalue weighted by Crippen LogP contribution is -2.27. The first kappa shape index (κ1) is 18.6. The molecule has 7 heteroatoms. The number of furan rings is 1. The summed E-state index contributed by atoms with van der Waals surface area (Å²) in [4.78, 5) is 16.4. The second kappa shape index (κ2) is 7.71. The summed E-state index contributed by atoms with van der Waals surface area (Å²) in [6.07, 6.45) is 4.74. The van der Waals surface area contributed by atoms with Crippen LogP contribution in [0.4, 0.5) is 0 Å². The molecule has 0 radical (unpaired) electrons. The molecular weight excluding hydrogens is 360 g/mol. The summed E-state index contributed by atoms with van der Waals surface area (Å²) in [5.41, 5.74) is 1.69. The Morgan fingerprint density at radius 1 is 1.36 bits per heavy atom. The van der Waals surface area contributed by atoms with Gasteiger partial charge in [-0.3, -0.25) is 4.57 Å². The fraction of sp³-hybridized carbons (Fsp3) is 0.333. The minimum absolute atomic E-state index is 0.217. The molecule has 3 aromatic rings. The second-order valence-corrected chi connectivity index (χ2v) is 6.85. The van der Waals surface area contributed by atoms with Gasteiger partial charge in [0, 0.05) is 18.2 Å². The predicted molar refractivity (Wildman–Crippen MR) is 105 cm³/mol. The molecule has 3 heterocycles. The van der Waals surface area contributed by atoms with E-state index in [0.717, 1.165) is 17.5 Å². The van der Waals surface area contributed by atoms with Crippen LogP contribution in [0.2, 0.25) is 0 Å². The minimum atomic E-state index is -0.823. The Kier molecular flexibility index (Phi) is 5.13. The van der Waals surface area contributed by atoms with E-state index in [2.05, 4.69) is 24.1 Å². The largest absolute Gasteiger partial charge is 0.437 e. The number of aliphatic hydroxyl groups excluding tert-OH is 2. The summed E-state index contributed by atoms with van der Waals surface area (Å²) in [6, 6.07) is 9.75. The number of ether oxygens (including phenoxy) is 1. The van der Waals surface area contributed by atoms with Crippen LogP contribution in [0.3, 0.4) is 0 Å². The van der Waals surface area contributed by atoms with Gasteiger partial charge < -0.3 is 19.4 Å². The van der Waals surface area contributed by atoms with Gasteiger partial charge in [-0.2, -0.15) is 4.98 Å². The van der Waals surface area contributed by atoms with Crippen molar-refractivity contribution in [1.29, 1.82) is 0 Å². The Morgan fingerprint density at radius 2 is 2.21 bits per heavy atom. The maximum absolute atomic E-state index is 12.4. The Hall–Kier alpha value is -2.74. The Bertz CT molecular complexity index is 1070. The second-order valence-electron chi connectivity index (χ2n) is 6.85. The molecule has 1 aliphatic rings. The third kappa shape index (κ3) is 3.52. The molecule has 0 amide bonds. The smallest absolute Gasteiger partial charge is 0.353 e. The van der Waals surface area contributed by atoms with E-state index in [-0.39, 0.29) is 18.7 Å². The summed E-state index contributed by atoms with van der Waals surface area (Å²) in [5, 5.41) is 19.8. The number of hydrogen-bond donors (Lipinski definition) is 2. The van der Waals surface area contributed by atoms with E-state index in [9.17, 15) is 15.0 Å². The molecule has 146 valence electrons. The number of allylic oxidation sites excluding steroid dienone is 1. The van der Waals surface area contributed by atoms with Crippen LogP contribution in [0.1, 0.15) is 31.6 Å². The predicted octanol–water partition coefficient (Wildman–Crippen LogP) is 2.72. The summed E-state index contributed by atoms with van der Waals surface area (Å²) in [7, 11) is 0. The third-order valence-electron chi connectivity index (χ3n) is 4.85. The number of fused-ring (bicyclic) bond motifs is 1. The minimum Gasteiger partial charge on any atom is -0.437 e. The van der Waals surface area contributed by atoms with Crippen molar-refractivity contribution in [1.82, 2.24) is 9.55 Å². The summed E-state index contributed by atoms with van der Waals surface area (Å²) < 4.78 is 12.7. The van der Waals surface area contributed by atoms with Crippen molar-refractivity contribution >= 4 is 17.2 Å². The van der Waals surface area contributed by atoms with Gasteiger partial charge in [-0.15, -0.1) is 0 Å². The molecule has 3 atom stereocenters. The summed E-state index contributed by atoms with van der Waals surface area (Å²) in [5.74, 6) is 0.618. The molecule has 1 fully saturated rings. The van der Waals surface area contributed by atoms with E-state index >= 15 is 0 Å². The normalized spacial score (nSPS) is 22.5. The molecule has 28 heavy (non-hydrogen) atoms. The number of rotatable bonds is 5. The van der Waals surface area contributed by atoms with Gasteiger partial charge in [-0.25, -0.2) is 4.79 Å². The van der Waals surface area contributed by atoms with E-state index in [1.807, 2.05) is 30.3 Å². The standard InChI is InChI=1S/C21H22N2O5/c1-2-3-5-13-6-4-7-14(8-13)17-9-15-11-23(21(26)22-20(15)28-17)19-10-16(25)18(12-24)27-19/h3-9,11,16,18-19,24-25H,2,10,12H2,1H3/b5-3+/t16-,18+,19+/m0/s1. The zero-order valence-electron chi connectivity index (χ0n) is 15.5. The first-order valence-electron chi connectivity index (χ1n) is 9.33. The summed E-state index contributed by atoms with van der Waals surface area (Å²) >= 11 is 0. The molecule has 2 N–H and O–H groups in total. The molecule has 2 aromatic heterocycles. The average molecular weight is 382 g/mol. The van der Waals surface area contributed by atoms with Crippen LogP contribution in [0, 0.1) is 0 Å². The van der Waals surface area contributed by atoms with Gasteiger partial charge in [0.15, 0.2) is 0 Å². The fourth-order valence-electron chi connectivity index (χ4n) is 3.37. The molecule has 0 saturated carbocycles. The monoisotopic (exact) mass is 382 g/mol. The quantitative estimate of drug-likeness (QED) is 0.704. The number of hydrogen-bond acceptors (Lipinski definition) is 6. The lowest BCUT2D eigenvalue weighted by Gasteiger charge is -2.13. The van der Waals surface area contributed by atoms with Gasteiger partial charge in [-0.05, 0) is 24.1 Å². The van der Waals surface area contributed by atoms with Gasteiger partial charge in [0.1, 0.15) is 18.1 Å². The average Bonchev–Trinajstić information content (AvgIpc) is 3.28. The molecule has 7 nitrogen and oxygen atoms in total. The van der Waals surface area contributed by atoms with E-state index in [4.69, 9.17) is 9.15 Å². The molecule has 4 rings (SSSR count). The highest BCUT2D eigenvalue weighted by Gasteiger charge is 2.35. The number of aromatic nitrogens is 2. The molecule has 0 aliphatic carbocycles. The fourth-order valence-corrected chi connectivity index (χ4v) is 3.37. The van der Waals surface area contributed by atoms with E-state index in [1.54, 1.807) is 6.20 Å². The van der Waals surface area contributed by atoms with Crippen molar-refractivity contribution in [3.8, 4) is 11.3 Å². The first-order chi connectivity index (χ1) is 13.6. The van der Waals surface area contributed by atoms with Crippen LogP contribution >= 0.6 is 0 Å². The lowest BCUT2D eigenvalue weighted by molar-refractivity contribution is -0.0457. The highest BCUT2D eigenvalue weighted by molar-refractivity contribution is 5.79. The lowest BCUT2D eigenvalue weighted by atomic mass is 10.1. The van der Waals surface area contributed by atoms with Gasteiger partial charge in [0.2, 0.25) is 5.71 Å². The van der Waals surface area contributed by atoms with Crippen molar-refractivity contribution in [3.63, 3.8) is 0 Å². The third-order valence-corrected chi connectivity index (χ3v) is 4.85. The first-order valence-corrected chi connectivity index (χ1v) is 9.33. The molecule has 1 aliphatic heterocycles. The van der Waals surface area contributed by atoms with Gasteiger partial charge in [0.05, 0.1) is 18.1 Å². The van der Waals surface area contributed by atoms with Crippen LogP contribution in [0.15, 0.2) is 51.8 Å². The van der Waals surface area contributed by atoms with Crippen molar-refractivity contribution in [2.45, 2.75) is 38.2 Å². The van der Waals surface area contributed by atoms with Crippen molar-refractivity contribution in [3.05, 3.63) is 58.7 Å². The number of benzene rings is 1. The SMILES string of the molecule is CC/C=C/c1cccc(-c2cc3cn([C@H]4C[C@H](O)[C@@H](CO)O4)c(=O)nc3o2)c1. The molecule has 1 aromatic carbocycles. The summed E-state index contributed by atoms with van der Waals surface area (Å²) in [6.45, 7) is 1.78. The van der Waals surface area contributed by atoms with Crippen LogP contribution < -0.4 is 5.69 Å². The number of nitrogens with zero attached hydrogens (tertiary/aromatic N) is 2. The van der Waals surface area contributed by atoms with E-state index < -0.39 is 24.1 Å².